The predicted molar refractivity (Wildman–Crippen MR) is 126 cm³/mol. The van der Waals surface area contributed by atoms with Crippen molar-refractivity contribution in [1.29, 1.82) is 5.26 Å². The van der Waals surface area contributed by atoms with Gasteiger partial charge in [0.2, 0.25) is 0 Å². The van der Waals surface area contributed by atoms with Gasteiger partial charge in [0.05, 0.1) is 29.8 Å². The van der Waals surface area contributed by atoms with Crippen molar-refractivity contribution in [3.05, 3.63) is 100 Å². The molecular formula is C26H17N3OS. The highest BCUT2D eigenvalue weighted by Crippen LogP contribution is 2.43. The summed E-state index contributed by atoms with van der Waals surface area (Å²) in [5.74, 6) is 0.751. The highest BCUT2D eigenvalue weighted by Gasteiger charge is 2.31. The highest BCUT2D eigenvalue weighted by molar-refractivity contribution is 7.71. The van der Waals surface area contributed by atoms with E-state index in [1.807, 2.05) is 66.7 Å². The van der Waals surface area contributed by atoms with Crippen molar-refractivity contribution in [2.45, 2.75) is 0 Å². The number of H-pyrrole nitrogens is 1. The van der Waals surface area contributed by atoms with Gasteiger partial charge in [-0.2, -0.15) is 5.26 Å². The summed E-state index contributed by atoms with van der Waals surface area (Å²) in [6, 6.07) is 27.9. The summed E-state index contributed by atoms with van der Waals surface area (Å²) >= 11 is 5.58. The maximum atomic E-state index is 9.98. The van der Waals surface area contributed by atoms with Gasteiger partial charge in [-0.25, -0.2) is 4.99 Å². The lowest BCUT2D eigenvalue weighted by Crippen LogP contribution is -2.04. The van der Waals surface area contributed by atoms with Crippen LogP contribution in [0.15, 0.2) is 83.9 Å². The molecule has 3 aromatic carbocycles. The number of para-hydroxylation sites is 1. The van der Waals surface area contributed by atoms with Crippen molar-refractivity contribution < 1.29 is 4.74 Å². The van der Waals surface area contributed by atoms with E-state index in [2.05, 4.69) is 23.2 Å². The lowest BCUT2D eigenvalue weighted by molar-refractivity contribution is 0.415. The Bertz CT molecular complexity index is 1430. The third kappa shape index (κ3) is 3.14. The molecular weight excluding hydrogens is 402 g/mol. The molecule has 0 saturated heterocycles. The number of nitriles is 1. The first kappa shape index (κ1) is 19.0. The molecule has 0 spiro atoms. The minimum absolute atomic E-state index is 0.419. The first-order chi connectivity index (χ1) is 15.2. The average Bonchev–Trinajstić information content (AvgIpc) is 3.12. The van der Waals surface area contributed by atoms with Gasteiger partial charge in [-0.1, -0.05) is 66.8 Å². The Labute approximate surface area is 185 Å². The second-order valence-corrected chi connectivity index (χ2v) is 7.54. The van der Waals surface area contributed by atoms with Gasteiger partial charge in [0.1, 0.15) is 16.5 Å². The van der Waals surface area contributed by atoms with Gasteiger partial charge in [-0.15, -0.1) is 0 Å². The van der Waals surface area contributed by atoms with Crippen LogP contribution in [0, 0.1) is 16.0 Å². The average molecular weight is 420 g/mol. The number of nitrogens with one attached hydrogen (secondary N) is 1. The van der Waals surface area contributed by atoms with Crippen LogP contribution in [0.4, 0.5) is 5.69 Å². The number of fused-ring (bicyclic) bond motifs is 3. The predicted octanol–water partition coefficient (Wildman–Crippen LogP) is 6.44. The molecule has 0 saturated carbocycles. The zero-order chi connectivity index (χ0) is 21.4. The van der Waals surface area contributed by atoms with Gasteiger partial charge in [-0.05, 0) is 29.8 Å². The standard InChI is InChI=1S/C26H17N3OS/c1-30-18-13-11-16(12-14-18)22-21(15-27)26(31)29-25-20-10-6-5-9-19(20)24(23(22)25)28-17-7-3-2-4-8-17/h2-14H,1H3,(H,29,31). The molecule has 5 heteroatoms. The van der Waals surface area contributed by atoms with Crippen LogP contribution in [0.5, 0.6) is 5.75 Å². The van der Waals surface area contributed by atoms with Crippen LogP contribution in [0.25, 0.3) is 22.4 Å². The molecule has 0 unspecified atom stereocenters. The Morgan fingerprint density at radius 1 is 0.871 bits per heavy atom. The summed E-state index contributed by atoms with van der Waals surface area (Å²) in [7, 11) is 1.63. The van der Waals surface area contributed by atoms with Crippen LogP contribution in [-0.2, 0) is 0 Å². The van der Waals surface area contributed by atoms with Crippen molar-refractivity contribution in [1.82, 2.24) is 4.98 Å². The molecule has 1 aliphatic carbocycles. The number of rotatable bonds is 3. The molecule has 5 rings (SSSR count). The third-order valence-electron chi connectivity index (χ3n) is 5.39. The number of pyridine rings is 1. The summed E-state index contributed by atoms with van der Waals surface area (Å²) in [6.45, 7) is 0. The zero-order valence-electron chi connectivity index (χ0n) is 16.7. The van der Waals surface area contributed by atoms with E-state index in [1.54, 1.807) is 7.11 Å². The van der Waals surface area contributed by atoms with Crippen LogP contribution in [-0.4, -0.2) is 17.8 Å². The molecule has 1 aliphatic rings. The van der Waals surface area contributed by atoms with E-state index in [4.69, 9.17) is 21.9 Å². The molecule has 148 valence electrons. The Hall–Kier alpha value is -4.01. The number of ether oxygens (including phenoxy) is 1. The number of benzene rings is 3. The van der Waals surface area contributed by atoms with Crippen molar-refractivity contribution in [2.24, 2.45) is 4.99 Å². The fraction of sp³-hybridized carbons (Fsp3) is 0.0385. The molecule has 1 aromatic heterocycles. The smallest absolute Gasteiger partial charge is 0.122 e. The number of hydrogen-bond donors (Lipinski definition) is 1. The van der Waals surface area contributed by atoms with Gasteiger partial charge in [0.15, 0.2) is 0 Å². The summed E-state index contributed by atoms with van der Waals surface area (Å²) < 4.78 is 5.73. The molecule has 0 radical (unpaired) electrons. The summed E-state index contributed by atoms with van der Waals surface area (Å²) in [5, 5.41) is 9.98. The van der Waals surface area contributed by atoms with E-state index in [0.29, 0.717) is 10.2 Å². The first-order valence-electron chi connectivity index (χ1n) is 9.80. The second-order valence-electron chi connectivity index (χ2n) is 7.14. The quantitative estimate of drug-likeness (QED) is 0.342. The Kier molecular flexibility index (Phi) is 4.70. The largest absolute Gasteiger partial charge is 0.497 e. The van der Waals surface area contributed by atoms with Crippen LogP contribution in [0.2, 0.25) is 0 Å². The monoisotopic (exact) mass is 419 g/mol. The van der Waals surface area contributed by atoms with Gasteiger partial charge in [-0.3, -0.25) is 0 Å². The molecule has 1 heterocycles. The Morgan fingerprint density at radius 3 is 2.23 bits per heavy atom. The third-order valence-corrected chi connectivity index (χ3v) is 5.70. The normalized spacial score (nSPS) is 12.8. The topological polar surface area (TPSA) is 61.2 Å². The minimum atomic E-state index is 0.419. The van der Waals surface area contributed by atoms with Gasteiger partial charge in [0.25, 0.3) is 0 Å². The molecule has 0 fully saturated rings. The van der Waals surface area contributed by atoms with Gasteiger partial charge in [0, 0.05) is 22.3 Å². The SMILES string of the molecule is COc1ccc(-c2c3c([nH]c(=S)c2C#N)-c2ccccc2C3=Nc2ccccc2)cc1. The first-order valence-corrected chi connectivity index (χ1v) is 10.2. The summed E-state index contributed by atoms with van der Waals surface area (Å²) in [5.41, 5.74) is 7.60. The fourth-order valence-electron chi connectivity index (χ4n) is 3.98. The zero-order valence-corrected chi connectivity index (χ0v) is 17.5. The van der Waals surface area contributed by atoms with E-state index in [9.17, 15) is 5.26 Å². The molecule has 4 nitrogen and oxygen atoms in total. The van der Waals surface area contributed by atoms with E-state index >= 15 is 0 Å². The van der Waals surface area contributed by atoms with Crippen molar-refractivity contribution in [3.8, 4) is 34.2 Å². The number of methoxy groups -OCH3 is 1. The van der Waals surface area contributed by atoms with Crippen molar-refractivity contribution in [2.75, 3.05) is 7.11 Å². The van der Waals surface area contributed by atoms with Crippen molar-refractivity contribution in [3.63, 3.8) is 0 Å². The molecule has 31 heavy (non-hydrogen) atoms. The van der Waals surface area contributed by atoms with E-state index in [0.717, 1.165) is 50.7 Å². The Morgan fingerprint density at radius 2 is 1.55 bits per heavy atom. The molecule has 0 bridgehead atoms. The van der Waals surface area contributed by atoms with Crippen LogP contribution in [0.1, 0.15) is 16.7 Å². The van der Waals surface area contributed by atoms with E-state index in [-0.39, 0.29) is 0 Å². The summed E-state index contributed by atoms with van der Waals surface area (Å²) in [6.07, 6.45) is 0. The molecule has 0 atom stereocenters. The number of hydrogen-bond acceptors (Lipinski definition) is 4. The minimum Gasteiger partial charge on any atom is -0.497 e. The number of nitrogens with zero attached hydrogens (tertiary/aromatic N) is 2. The van der Waals surface area contributed by atoms with Crippen molar-refractivity contribution >= 4 is 23.6 Å². The lowest BCUT2D eigenvalue weighted by Gasteiger charge is -2.13. The van der Waals surface area contributed by atoms with E-state index in [1.165, 1.54) is 0 Å². The number of aromatic amines is 1. The highest BCUT2D eigenvalue weighted by atomic mass is 32.1. The second kappa shape index (κ2) is 7.67. The molecule has 4 aromatic rings. The van der Waals surface area contributed by atoms with Gasteiger partial charge < -0.3 is 9.72 Å². The fourth-order valence-corrected chi connectivity index (χ4v) is 4.23. The maximum absolute atomic E-state index is 9.98. The van der Waals surface area contributed by atoms with Gasteiger partial charge >= 0.3 is 0 Å². The Balaban J connectivity index is 1.88. The van der Waals surface area contributed by atoms with E-state index < -0.39 is 0 Å². The van der Waals surface area contributed by atoms with Crippen LogP contribution in [0.3, 0.4) is 0 Å². The molecule has 0 amide bonds. The lowest BCUT2D eigenvalue weighted by atomic mass is 9.93. The number of aliphatic imine (C=N–C) groups is 1. The molecule has 1 N–H and O–H groups in total. The maximum Gasteiger partial charge on any atom is 0.122 e. The summed E-state index contributed by atoms with van der Waals surface area (Å²) in [4.78, 5) is 8.29. The van der Waals surface area contributed by atoms with Crippen LogP contribution < -0.4 is 4.74 Å². The number of aromatic nitrogens is 1. The van der Waals surface area contributed by atoms with Crippen LogP contribution >= 0.6 is 12.2 Å². The molecule has 0 aliphatic heterocycles.